The molecular weight excluding hydrogens is 302 g/mol. The van der Waals surface area contributed by atoms with Gasteiger partial charge in [0.15, 0.2) is 5.16 Å². The van der Waals surface area contributed by atoms with Gasteiger partial charge in [0.1, 0.15) is 6.33 Å². The van der Waals surface area contributed by atoms with Crippen LogP contribution in [-0.2, 0) is 16.6 Å². The predicted octanol–water partition coefficient (Wildman–Crippen LogP) is 1.89. The number of amides is 2. The lowest BCUT2D eigenvalue weighted by molar-refractivity contribution is -0.115. The van der Waals surface area contributed by atoms with Crippen molar-refractivity contribution in [2.45, 2.75) is 24.3 Å². The number of carbonyl (C=O) groups excluding carboxylic acids is 2. The van der Waals surface area contributed by atoms with E-state index in [0.717, 1.165) is 0 Å². The zero-order valence-electron chi connectivity index (χ0n) is 12.5. The number of aryl methyl sites for hydroxylation is 1. The van der Waals surface area contributed by atoms with Gasteiger partial charge in [-0.25, -0.2) is 0 Å². The van der Waals surface area contributed by atoms with Gasteiger partial charge in [-0.1, -0.05) is 11.8 Å². The maximum atomic E-state index is 12.2. The number of nitrogens with one attached hydrogen (secondary N) is 2. The lowest BCUT2D eigenvalue weighted by atomic mass is 10.2. The molecule has 2 rings (SSSR count). The first-order valence-electron chi connectivity index (χ1n) is 6.65. The molecule has 2 aromatic rings. The van der Waals surface area contributed by atoms with Gasteiger partial charge in [-0.2, -0.15) is 0 Å². The fourth-order valence-electron chi connectivity index (χ4n) is 1.67. The van der Waals surface area contributed by atoms with Crippen molar-refractivity contribution in [2.75, 3.05) is 10.6 Å². The average molecular weight is 319 g/mol. The van der Waals surface area contributed by atoms with Gasteiger partial charge >= 0.3 is 0 Å². The average Bonchev–Trinajstić information content (AvgIpc) is 2.86. The minimum atomic E-state index is -0.307. The summed E-state index contributed by atoms with van der Waals surface area (Å²) in [5, 5.41) is 13.6. The molecule has 8 heteroatoms. The van der Waals surface area contributed by atoms with Crippen LogP contribution in [0.2, 0.25) is 0 Å². The minimum absolute atomic E-state index is 0.125. The van der Waals surface area contributed by atoms with E-state index in [4.69, 9.17) is 0 Å². The highest BCUT2D eigenvalue weighted by atomic mass is 32.2. The van der Waals surface area contributed by atoms with Crippen LogP contribution in [0.15, 0.2) is 35.7 Å². The third-order valence-corrected chi connectivity index (χ3v) is 3.94. The molecule has 1 atom stereocenters. The number of thioether (sulfide) groups is 1. The number of carbonyl (C=O) groups is 2. The number of hydrogen-bond acceptors (Lipinski definition) is 5. The molecule has 2 amide bonds. The predicted molar refractivity (Wildman–Crippen MR) is 85.7 cm³/mol. The van der Waals surface area contributed by atoms with Crippen LogP contribution in [0, 0.1) is 0 Å². The zero-order chi connectivity index (χ0) is 16.1. The standard InChI is InChI=1S/C14H17N5O2S/c1-9(22-14-18-15-8-19(14)3)13(21)17-12-6-4-11(5-7-12)16-10(2)20/h4-9H,1-3H3,(H,16,20)(H,17,21). The molecule has 1 heterocycles. The maximum absolute atomic E-state index is 12.2. The molecule has 0 aliphatic heterocycles. The van der Waals surface area contributed by atoms with Crippen LogP contribution in [0.3, 0.4) is 0 Å². The van der Waals surface area contributed by atoms with E-state index in [1.807, 2.05) is 7.05 Å². The summed E-state index contributed by atoms with van der Waals surface area (Å²) in [6.45, 7) is 3.25. The highest BCUT2D eigenvalue weighted by Gasteiger charge is 2.17. The number of benzene rings is 1. The highest BCUT2D eigenvalue weighted by molar-refractivity contribution is 8.00. The molecule has 0 fully saturated rings. The first kappa shape index (κ1) is 16.0. The fraction of sp³-hybridized carbons (Fsp3) is 0.286. The summed E-state index contributed by atoms with van der Waals surface area (Å²) in [5.41, 5.74) is 1.36. The van der Waals surface area contributed by atoms with Crippen molar-refractivity contribution >= 4 is 35.0 Å². The molecule has 7 nitrogen and oxygen atoms in total. The minimum Gasteiger partial charge on any atom is -0.326 e. The Hall–Kier alpha value is -2.35. The second kappa shape index (κ2) is 7.08. The molecule has 0 radical (unpaired) electrons. The first-order chi connectivity index (χ1) is 10.5. The van der Waals surface area contributed by atoms with Gasteiger partial charge in [0.2, 0.25) is 11.8 Å². The number of hydrogen-bond donors (Lipinski definition) is 2. The van der Waals surface area contributed by atoms with E-state index in [-0.39, 0.29) is 17.1 Å². The van der Waals surface area contributed by atoms with Crippen LogP contribution in [0.4, 0.5) is 11.4 Å². The van der Waals surface area contributed by atoms with E-state index >= 15 is 0 Å². The molecule has 0 saturated heterocycles. The summed E-state index contributed by atoms with van der Waals surface area (Å²) in [6, 6.07) is 6.95. The van der Waals surface area contributed by atoms with Crippen LogP contribution < -0.4 is 10.6 Å². The van der Waals surface area contributed by atoms with Crippen molar-refractivity contribution in [3.8, 4) is 0 Å². The van der Waals surface area contributed by atoms with Gasteiger partial charge in [-0.3, -0.25) is 9.59 Å². The lowest BCUT2D eigenvalue weighted by Gasteiger charge is -2.11. The summed E-state index contributed by atoms with van der Waals surface area (Å²) in [4.78, 5) is 23.1. The fourth-order valence-corrected chi connectivity index (χ4v) is 2.46. The van der Waals surface area contributed by atoms with Crippen molar-refractivity contribution in [3.63, 3.8) is 0 Å². The van der Waals surface area contributed by atoms with E-state index in [2.05, 4.69) is 20.8 Å². The maximum Gasteiger partial charge on any atom is 0.237 e. The summed E-state index contributed by atoms with van der Waals surface area (Å²) < 4.78 is 1.76. The first-order valence-corrected chi connectivity index (χ1v) is 7.53. The number of nitrogens with zero attached hydrogens (tertiary/aromatic N) is 3. The van der Waals surface area contributed by atoms with Gasteiger partial charge in [0.05, 0.1) is 5.25 Å². The number of rotatable bonds is 5. The monoisotopic (exact) mass is 319 g/mol. The smallest absolute Gasteiger partial charge is 0.237 e. The largest absolute Gasteiger partial charge is 0.326 e. The summed E-state index contributed by atoms with van der Waals surface area (Å²) >= 11 is 1.34. The van der Waals surface area contributed by atoms with E-state index in [9.17, 15) is 9.59 Å². The zero-order valence-corrected chi connectivity index (χ0v) is 13.3. The molecule has 0 saturated carbocycles. The molecule has 116 valence electrons. The number of aromatic nitrogens is 3. The molecular formula is C14H17N5O2S. The van der Waals surface area contributed by atoms with Crippen molar-refractivity contribution in [2.24, 2.45) is 7.05 Å². The Kier molecular flexibility index (Phi) is 5.16. The topological polar surface area (TPSA) is 88.9 Å². The molecule has 22 heavy (non-hydrogen) atoms. The molecule has 1 aromatic carbocycles. The van der Waals surface area contributed by atoms with Gasteiger partial charge in [0.25, 0.3) is 0 Å². The molecule has 2 N–H and O–H groups in total. The van der Waals surface area contributed by atoms with E-state index in [1.54, 1.807) is 42.1 Å². The van der Waals surface area contributed by atoms with Gasteiger partial charge in [-0.15, -0.1) is 10.2 Å². The van der Waals surface area contributed by atoms with Crippen LogP contribution in [0.25, 0.3) is 0 Å². The Bertz CT molecular complexity index is 668. The van der Waals surface area contributed by atoms with E-state index < -0.39 is 0 Å². The molecule has 0 bridgehead atoms. The van der Waals surface area contributed by atoms with E-state index in [0.29, 0.717) is 16.5 Å². The van der Waals surface area contributed by atoms with Crippen LogP contribution in [-0.4, -0.2) is 31.8 Å². The molecule has 1 unspecified atom stereocenters. The van der Waals surface area contributed by atoms with Gasteiger partial charge in [0, 0.05) is 25.3 Å². The van der Waals surface area contributed by atoms with Crippen LogP contribution >= 0.6 is 11.8 Å². The molecule has 0 spiro atoms. The molecule has 0 aliphatic rings. The van der Waals surface area contributed by atoms with Crippen molar-refractivity contribution in [1.29, 1.82) is 0 Å². The Balaban J connectivity index is 1.93. The SMILES string of the molecule is CC(=O)Nc1ccc(NC(=O)C(C)Sc2nncn2C)cc1. The summed E-state index contributed by atoms with van der Waals surface area (Å²) in [7, 11) is 1.83. The van der Waals surface area contributed by atoms with E-state index in [1.165, 1.54) is 18.7 Å². The second-order valence-electron chi connectivity index (χ2n) is 4.73. The van der Waals surface area contributed by atoms with Gasteiger partial charge < -0.3 is 15.2 Å². The van der Waals surface area contributed by atoms with Crippen LogP contribution in [0.1, 0.15) is 13.8 Å². The highest BCUT2D eigenvalue weighted by Crippen LogP contribution is 2.21. The lowest BCUT2D eigenvalue weighted by Crippen LogP contribution is -2.22. The third kappa shape index (κ3) is 4.32. The Morgan fingerprint density at radius 1 is 1.18 bits per heavy atom. The normalized spacial score (nSPS) is 11.8. The Labute approximate surface area is 132 Å². The summed E-state index contributed by atoms with van der Waals surface area (Å²) in [5.74, 6) is -0.259. The Morgan fingerprint density at radius 2 is 1.77 bits per heavy atom. The number of anilines is 2. The second-order valence-corrected chi connectivity index (χ2v) is 6.04. The van der Waals surface area contributed by atoms with Crippen molar-refractivity contribution in [1.82, 2.24) is 14.8 Å². The third-order valence-electron chi connectivity index (χ3n) is 2.79. The van der Waals surface area contributed by atoms with Crippen molar-refractivity contribution in [3.05, 3.63) is 30.6 Å². The Morgan fingerprint density at radius 3 is 2.27 bits per heavy atom. The van der Waals surface area contributed by atoms with Crippen molar-refractivity contribution < 1.29 is 9.59 Å². The summed E-state index contributed by atoms with van der Waals surface area (Å²) in [6.07, 6.45) is 1.59. The quantitative estimate of drug-likeness (QED) is 0.822. The molecule has 1 aromatic heterocycles. The van der Waals surface area contributed by atoms with Crippen LogP contribution in [0.5, 0.6) is 0 Å². The van der Waals surface area contributed by atoms with Gasteiger partial charge in [-0.05, 0) is 31.2 Å². The molecule has 0 aliphatic carbocycles.